The minimum atomic E-state index is 0.620. The van der Waals surface area contributed by atoms with Crippen LogP contribution in [-0.2, 0) is 24.3 Å². The number of thiazole rings is 1. The summed E-state index contributed by atoms with van der Waals surface area (Å²) in [7, 11) is 1.72. The average molecular weight is 242 g/mol. The molecular weight excluding hydrogens is 220 g/mol. The molecule has 0 aromatic carbocycles. The van der Waals surface area contributed by atoms with E-state index >= 15 is 0 Å². The molecule has 0 aliphatic carbocycles. The van der Waals surface area contributed by atoms with Gasteiger partial charge in [0.2, 0.25) is 0 Å². The number of hydrogen-bond donors (Lipinski definition) is 1. The Kier molecular flexibility index (Phi) is 5.95. The van der Waals surface area contributed by atoms with Crippen molar-refractivity contribution in [2.24, 2.45) is 5.92 Å². The van der Waals surface area contributed by atoms with Gasteiger partial charge < -0.3 is 10.1 Å². The molecule has 1 aromatic heterocycles. The Morgan fingerprint density at radius 2 is 2.19 bits per heavy atom. The lowest BCUT2D eigenvalue weighted by molar-refractivity contribution is 0.181. The fourth-order valence-electron chi connectivity index (χ4n) is 1.45. The van der Waals surface area contributed by atoms with Crippen molar-refractivity contribution in [3.8, 4) is 0 Å². The van der Waals surface area contributed by atoms with Crippen molar-refractivity contribution in [3.05, 3.63) is 15.6 Å². The van der Waals surface area contributed by atoms with E-state index in [4.69, 9.17) is 4.74 Å². The van der Waals surface area contributed by atoms with E-state index in [1.54, 1.807) is 18.4 Å². The predicted octanol–water partition coefficient (Wildman–Crippen LogP) is 2.60. The van der Waals surface area contributed by atoms with Crippen molar-refractivity contribution >= 4 is 11.3 Å². The SMILES string of the molecule is CCc1nc(COC)c(CNCC(C)C)s1. The van der Waals surface area contributed by atoms with E-state index in [-0.39, 0.29) is 0 Å². The molecule has 0 fully saturated rings. The summed E-state index contributed by atoms with van der Waals surface area (Å²) in [5, 5.41) is 4.65. The average Bonchev–Trinajstić information content (AvgIpc) is 2.61. The zero-order valence-corrected chi connectivity index (χ0v) is 11.5. The minimum absolute atomic E-state index is 0.620. The molecule has 0 amide bonds. The van der Waals surface area contributed by atoms with Gasteiger partial charge in [0.15, 0.2) is 0 Å². The molecule has 0 unspecified atom stereocenters. The van der Waals surface area contributed by atoms with Crippen LogP contribution in [0.3, 0.4) is 0 Å². The van der Waals surface area contributed by atoms with E-state index in [2.05, 4.69) is 31.1 Å². The van der Waals surface area contributed by atoms with E-state index in [1.165, 1.54) is 9.88 Å². The maximum Gasteiger partial charge on any atom is 0.0929 e. The molecule has 16 heavy (non-hydrogen) atoms. The lowest BCUT2D eigenvalue weighted by Gasteiger charge is -2.06. The third kappa shape index (κ3) is 4.20. The lowest BCUT2D eigenvalue weighted by atomic mass is 10.2. The van der Waals surface area contributed by atoms with E-state index in [0.717, 1.165) is 25.2 Å². The van der Waals surface area contributed by atoms with E-state index in [9.17, 15) is 0 Å². The van der Waals surface area contributed by atoms with Gasteiger partial charge in [-0.2, -0.15) is 0 Å². The minimum Gasteiger partial charge on any atom is -0.378 e. The molecule has 1 aromatic rings. The van der Waals surface area contributed by atoms with E-state index in [1.807, 2.05) is 0 Å². The van der Waals surface area contributed by atoms with Crippen molar-refractivity contribution in [2.45, 2.75) is 40.3 Å². The Morgan fingerprint density at radius 3 is 2.75 bits per heavy atom. The van der Waals surface area contributed by atoms with Crippen molar-refractivity contribution in [1.29, 1.82) is 0 Å². The first-order valence-corrected chi connectivity index (χ1v) is 6.66. The van der Waals surface area contributed by atoms with Crippen molar-refractivity contribution in [2.75, 3.05) is 13.7 Å². The molecule has 0 aliphatic heterocycles. The van der Waals surface area contributed by atoms with E-state index < -0.39 is 0 Å². The second kappa shape index (κ2) is 6.99. The zero-order valence-electron chi connectivity index (χ0n) is 10.7. The number of hydrogen-bond acceptors (Lipinski definition) is 4. The van der Waals surface area contributed by atoms with Crippen LogP contribution in [0.2, 0.25) is 0 Å². The quantitative estimate of drug-likeness (QED) is 0.798. The highest BCUT2D eigenvalue weighted by atomic mass is 32.1. The third-order valence-electron chi connectivity index (χ3n) is 2.24. The number of methoxy groups -OCH3 is 1. The molecule has 1 heterocycles. The summed E-state index contributed by atoms with van der Waals surface area (Å²) in [6.45, 7) is 9.15. The number of aromatic nitrogens is 1. The number of nitrogens with zero attached hydrogens (tertiary/aromatic N) is 1. The van der Waals surface area contributed by atoms with Crippen molar-refractivity contribution < 1.29 is 4.74 Å². The van der Waals surface area contributed by atoms with Crippen LogP contribution in [0.1, 0.15) is 36.3 Å². The maximum atomic E-state index is 5.17. The van der Waals surface area contributed by atoms with Gasteiger partial charge in [0.1, 0.15) is 0 Å². The van der Waals surface area contributed by atoms with Gasteiger partial charge in [0.25, 0.3) is 0 Å². The van der Waals surface area contributed by atoms with Gasteiger partial charge in [-0.25, -0.2) is 4.98 Å². The Hall–Kier alpha value is -0.450. The molecule has 3 nitrogen and oxygen atoms in total. The highest BCUT2D eigenvalue weighted by Gasteiger charge is 2.09. The van der Waals surface area contributed by atoms with Gasteiger partial charge in [-0.1, -0.05) is 20.8 Å². The summed E-state index contributed by atoms with van der Waals surface area (Å²) in [4.78, 5) is 5.89. The summed E-state index contributed by atoms with van der Waals surface area (Å²) in [6.07, 6.45) is 1.01. The van der Waals surface area contributed by atoms with Gasteiger partial charge in [-0.15, -0.1) is 11.3 Å². The Labute approximate surface area is 102 Å². The number of nitrogens with one attached hydrogen (secondary N) is 1. The second-order valence-corrected chi connectivity index (χ2v) is 5.46. The molecule has 0 radical (unpaired) electrons. The topological polar surface area (TPSA) is 34.1 Å². The number of aryl methyl sites for hydroxylation is 1. The van der Waals surface area contributed by atoms with Crippen LogP contribution in [0.15, 0.2) is 0 Å². The Morgan fingerprint density at radius 1 is 1.44 bits per heavy atom. The molecule has 0 spiro atoms. The second-order valence-electron chi connectivity index (χ2n) is 4.29. The van der Waals surface area contributed by atoms with Crippen LogP contribution in [0, 0.1) is 5.92 Å². The highest BCUT2D eigenvalue weighted by Crippen LogP contribution is 2.19. The smallest absolute Gasteiger partial charge is 0.0929 e. The van der Waals surface area contributed by atoms with Crippen LogP contribution in [0.25, 0.3) is 0 Å². The molecule has 0 saturated carbocycles. The van der Waals surface area contributed by atoms with Gasteiger partial charge in [0.05, 0.1) is 17.3 Å². The fourth-order valence-corrected chi connectivity index (χ4v) is 2.43. The highest BCUT2D eigenvalue weighted by molar-refractivity contribution is 7.11. The van der Waals surface area contributed by atoms with Gasteiger partial charge in [-0.3, -0.25) is 0 Å². The molecule has 1 N–H and O–H groups in total. The fraction of sp³-hybridized carbons (Fsp3) is 0.750. The van der Waals surface area contributed by atoms with Gasteiger partial charge in [0, 0.05) is 18.5 Å². The van der Waals surface area contributed by atoms with Crippen molar-refractivity contribution in [3.63, 3.8) is 0 Å². The van der Waals surface area contributed by atoms with E-state index in [0.29, 0.717) is 12.5 Å². The molecule has 0 aliphatic rings. The normalized spacial score (nSPS) is 11.3. The third-order valence-corrected chi connectivity index (χ3v) is 3.49. The predicted molar refractivity (Wildman–Crippen MR) is 68.7 cm³/mol. The first-order chi connectivity index (χ1) is 7.67. The van der Waals surface area contributed by atoms with Crippen LogP contribution >= 0.6 is 11.3 Å². The standard InChI is InChI=1S/C12H22N2OS/c1-5-12-14-10(8-15-4)11(16-12)7-13-6-9(2)3/h9,13H,5-8H2,1-4H3. The monoisotopic (exact) mass is 242 g/mol. The maximum absolute atomic E-state index is 5.17. The molecule has 0 atom stereocenters. The summed E-state index contributed by atoms with van der Waals surface area (Å²) >= 11 is 1.80. The molecule has 0 bridgehead atoms. The Bertz CT molecular complexity index is 310. The zero-order chi connectivity index (χ0) is 12.0. The number of rotatable bonds is 7. The summed E-state index contributed by atoms with van der Waals surface area (Å²) in [5.74, 6) is 0.685. The van der Waals surface area contributed by atoms with Crippen molar-refractivity contribution in [1.82, 2.24) is 10.3 Å². The largest absolute Gasteiger partial charge is 0.378 e. The molecular formula is C12H22N2OS. The van der Waals surface area contributed by atoms with Crippen LogP contribution in [0.5, 0.6) is 0 Å². The molecule has 4 heteroatoms. The van der Waals surface area contributed by atoms with Crippen LogP contribution in [0.4, 0.5) is 0 Å². The first kappa shape index (κ1) is 13.6. The van der Waals surface area contributed by atoms with Gasteiger partial charge >= 0.3 is 0 Å². The Balaban J connectivity index is 2.58. The summed E-state index contributed by atoms with van der Waals surface area (Å²) in [5.41, 5.74) is 1.10. The molecule has 92 valence electrons. The molecule has 0 saturated heterocycles. The first-order valence-electron chi connectivity index (χ1n) is 5.84. The van der Waals surface area contributed by atoms with Gasteiger partial charge in [-0.05, 0) is 18.9 Å². The van der Waals surface area contributed by atoms with Crippen LogP contribution < -0.4 is 5.32 Å². The molecule has 1 rings (SSSR count). The van der Waals surface area contributed by atoms with Crippen LogP contribution in [-0.4, -0.2) is 18.6 Å². The summed E-state index contributed by atoms with van der Waals surface area (Å²) in [6, 6.07) is 0. The summed E-state index contributed by atoms with van der Waals surface area (Å²) < 4.78 is 5.17. The lowest BCUT2D eigenvalue weighted by Crippen LogP contribution is -2.19. The number of ether oxygens (including phenoxy) is 1.